The van der Waals surface area contributed by atoms with Gasteiger partial charge in [0, 0.05) is 24.2 Å². The number of thioether (sulfide) groups is 1. The maximum absolute atomic E-state index is 12.1. The van der Waals surface area contributed by atoms with E-state index in [1.54, 1.807) is 0 Å². The molecule has 2 aromatic carbocycles. The Morgan fingerprint density at radius 2 is 1.84 bits per heavy atom. The highest BCUT2D eigenvalue weighted by Crippen LogP contribution is 2.22. The molecule has 128 valence electrons. The van der Waals surface area contributed by atoms with E-state index in [1.807, 2.05) is 66.2 Å². The topological polar surface area (TPSA) is 59.8 Å². The fraction of sp³-hybridized carbons (Fsp3) is 0.167. The molecule has 1 N–H and O–H groups in total. The number of nitrogens with zero attached hydrogens (tertiary/aromatic N) is 3. The third kappa shape index (κ3) is 4.41. The highest BCUT2D eigenvalue weighted by Gasteiger charge is 2.12. The van der Waals surface area contributed by atoms with Crippen molar-refractivity contribution in [3.8, 4) is 11.4 Å². The van der Waals surface area contributed by atoms with Crippen LogP contribution in [0.5, 0.6) is 0 Å². The standard InChI is InChI=1S/C18H17ClN4OS/c1-23-17(13-7-3-2-4-8-13)21-22-18(23)25-12-16(24)20-11-14-9-5-6-10-15(14)19/h2-10H,11-12H2,1H3,(H,20,24). The van der Waals surface area contributed by atoms with Crippen LogP contribution in [0, 0.1) is 0 Å². The Morgan fingerprint density at radius 1 is 1.12 bits per heavy atom. The molecule has 0 aliphatic rings. The van der Waals surface area contributed by atoms with Crippen molar-refractivity contribution in [1.29, 1.82) is 0 Å². The largest absolute Gasteiger partial charge is 0.351 e. The Bertz CT molecular complexity index is 867. The number of benzene rings is 2. The van der Waals surface area contributed by atoms with Crippen molar-refractivity contribution in [3.05, 3.63) is 65.2 Å². The van der Waals surface area contributed by atoms with Crippen LogP contribution < -0.4 is 5.32 Å². The third-order valence-electron chi connectivity index (χ3n) is 3.63. The van der Waals surface area contributed by atoms with Gasteiger partial charge in [0.25, 0.3) is 0 Å². The van der Waals surface area contributed by atoms with Crippen LogP contribution in [0.25, 0.3) is 11.4 Å². The quantitative estimate of drug-likeness (QED) is 0.672. The van der Waals surface area contributed by atoms with Gasteiger partial charge in [-0.2, -0.15) is 0 Å². The van der Waals surface area contributed by atoms with E-state index in [4.69, 9.17) is 11.6 Å². The van der Waals surface area contributed by atoms with E-state index < -0.39 is 0 Å². The summed E-state index contributed by atoms with van der Waals surface area (Å²) in [6.07, 6.45) is 0. The lowest BCUT2D eigenvalue weighted by Gasteiger charge is -2.07. The second-order valence-corrected chi connectivity index (χ2v) is 6.74. The zero-order valence-electron chi connectivity index (χ0n) is 13.6. The van der Waals surface area contributed by atoms with Gasteiger partial charge in [-0.15, -0.1) is 10.2 Å². The van der Waals surface area contributed by atoms with Crippen molar-refractivity contribution in [3.63, 3.8) is 0 Å². The number of aromatic nitrogens is 3. The van der Waals surface area contributed by atoms with Gasteiger partial charge >= 0.3 is 0 Å². The van der Waals surface area contributed by atoms with E-state index in [-0.39, 0.29) is 11.7 Å². The minimum absolute atomic E-state index is 0.0748. The molecule has 25 heavy (non-hydrogen) atoms. The average molecular weight is 373 g/mol. The number of hydrogen-bond acceptors (Lipinski definition) is 4. The maximum atomic E-state index is 12.1. The molecule has 0 bridgehead atoms. The first-order valence-electron chi connectivity index (χ1n) is 7.73. The molecule has 3 aromatic rings. The molecular weight excluding hydrogens is 356 g/mol. The van der Waals surface area contributed by atoms with Crippen LogP contribution in [0.1, 0.15) is 5.56 Å². The van der Waals surface area contributed by atoms with Crippen molar-refractivity contribution in [2.75, 3.05) is 5.75 Å². The molecule has 0 aliphatic heterocycles. The highest BCUT2D eigenvalue weighted by molar-refractivity contribution is 7.99. The normalized spacial score (nSPS) is 10.6. The van der Waals surface area contributed by atoms with Gasteiger partial charge in [-0.05, 0) is 11.6 Å². The molecule has 0 radical (unpaired) electrons. The second-order valence-electron chi connectivity index (χ2n) is 5.39. The Labute approximate surface area is 155 Å². The summed E-state index contributed by atoms with van der Waals surface area (Å²) in [6, 6.07) is 17.3. The number of nitrogens with one attached hydrogen (secondary N) is 1. The summed E-state index contributed by atoms with van der Waals surface area (Å²) in [6.45, 7) is 0.410. The summed E-state index contributed by atoms with van der Waals surface area (Å²) >= 11 is 7.44. The van der Waals surface area contributed by atoms with Crippen LogP contribution >= 0.6 is 23.4 Å². The van der Waals surface area contributed by atoms with Crippen LogP contribution in [-0.4, -0.2) is 26.4 Å². The highest BCUT2D eigenvalue weighted by atomic mass is 35.5. The van der Waals surface area contributed by atoms with Crippen LogP contribution in [0.15, 0.2) is 59.8 Å². The fourth-order valence-electron chi connectivity index (χ4n) is 2.30. The molecule has 0 atom stereocenters. The fourth-order valence-corrected chi connectivity index (χ4v) is 3.24. The first-order valence-corrected chi connectivity index (χ1v) is 9.09. The molecule has 0 fully saturated rings. The number of halogens is 1. The molecule has 7 heteroatoms. The third-order valence-corrected chi connectivity index (χ3v) is 5.02. The molecule has 1 amide bonds. The van der Waals surface area contributed by atoms with Gasteiger partial charge in [0.15, 0.2) is 11.0 Å². The first kappa shape index (κ1) is 17.5. The maximum Gasteiger partial charge on any atom is 0.230 e. The summed E-state index contributed by atoms with van der Waals surface area (Å²) in [7, 11) is 1.90. The number of amides is 1. The number of carbonyl (C=O) groups excluding carboxylic acids is 1. The molecule has 0 saturated carbocycles. The van der Waals surface area contributed by atoms with Crippen molar-refractivity contribution < 1.29 is 4.79 Å². The van der Waals surface area contributed by atoms with E-state index in [0.717, 1.165) is 17.0 Å². The molecule has 0 spiro atoms. The van der Waals surface area contributed by atoms with Gasteiger partial charge < -0.3 is 9.88 Å². The zero-order chi connectivity index (χ0) is 17.6. The van der Waals surface area contributed by atoms with Crippen molar-refractivity contribution in [1.82, 2.24) is 20.1 Å². The van der Waals surface area contributed by atoms with E-state index in [1.165, 1.54) is 11.8 Å². The van der Waals surface area contributed by atoms with Crippen LogP contribution in [-0.2, 0) is 18.4 Å². The van der Waals surface area contributed by atoms with Crippen LogP contribution in [0.2, 0.25) is 5.02 Å². The van der Waals surface area contributed by atoms with Crippen LogP contribution in [0.4, 0.5) is 0 Å². The summed E-state index contributed by atoms with van der Waals surface area (Å²) in [5, 5.41) is 12.6. The summed E-state index contributed by atoms with van der Waals surface area (Å²) in [5.74, 6) is 0.972. The Kier molecular flexibility index (Phi) is 5.73. The molecule has 1 aromatic heterocycles. The van der Waals surface area contributed by atoms with E-state index in [0.29, 0.717) is 16.7 Å². The van der Waals surface area contributed by atoms with E-state index >= 15 is 0 Å². The van der Waals surface area contributed by atoms with Crippen molar-refractivity contribution in [2.45, 2.75) is 11.7 Å². The summed E-state index contributed by atoms with van der Waals surface area (Å²) < 4.78 is 1.89. The predicted molar refractivity (Wildman–Crippen MR) is 100 cm³/mol. The van der Waals surface area contributed by atoms with Gasteiger partial charge in [-0.25, -0.2) is 0 Å². The van der Waals surface area contributed by atoms with E-state index in [9.17, 15) is 4.79 Å². The van der Waals surface area contributed by atoms with Gasteiger partial charge in [0.05, 0.1) is 5.75 Å². The number of rotatable bonds is 6. The molecule has 0 unspecified atom stereocenters. The Hall–Kier alpha value is -2.31. The lowest BCUT2D eigenvalue weighted by molar-refractivity contribution is -0.118. The Balaban J connectivity index is 1.56. The molecule has 0 saturated heterocycles. The second kappa shape index (κ2) is 8.18. The average Bonchev–Trinajstić information content (AvgIpc) is 3.00. The predicted octanol–water partition coefficient (Wildman–Crippen LogP) is 3.54. The monoisotopic (exact) mass is 372 g/mol. The molecule has 5 nitrogen and oxygen atoms in total. The molecule has 0 aliphatic carbocycles. The summed E-state index contributed by atoms with van der Waals surface area (Å²) in [4.78, 5) is 12.1. The van der Waals surface area contributed by atoms with Gasteiger partial charge in [0.1, 0.15) is 0 Å². The van der Waals surface area contributed by atoms with E-state index in [2.05, 4.69) is 15.5 Å². The number of carbonyl (C=O) groups is 1. The minimum atomic E-state index is -0.0748. The van der Waals surface area contributed by atoms with Crippen molar-refractivity contribution >= 4 is 29.3 Å². The molecule has 1 heterocycles. The zero-order valence-corrected chi connectivity index (χ0v) is 15.2. The van der Waals surface area contributed by atoms with Gasteiger partial charge in [0.2, 0.25) is 5.91 Å². The number of hydrogen-bond donors (Lipinski definition) is 1. The lowest BCUT2D eigenvalue weighted by Crippen LogP contribution is -2.24. The molecular formula is C18H17ClN4OS. The minimum Gasteiger partial charge on any atom is -0.351 e. The first-order chi connectivity index (χ1) is 12.1. The van der Waals surface area contributed by atoms with Gasteiger partial charge in [-0.1, -0.05) is 71.9 Å². The van der Waals surface area contributed by atoms with Crippen LogP contribution in [0.3, 0.4) is 0 Å². The van der Waals surface area contributed by atoms with Crippen molar-refractivity contribution in [2.24, 2.45) is 7.05 Å². The molecule has 3 rings (SSSR count). The van der Waals surface area contributed by atoms with Gasteiger partial charge in [-0.3, -0.25) is 4.79 Å². The Morgan fingerprint density at radius 3 is 2.60 bits per heavy atom. The SMILES string of the molecule is Cn1c(SCC(=O)NCc2ccccc2Cl)nnc1-c1ccccc1. The lowest BCUT2D eigenvalue weighted by atomic mass is 10.2. The summed E-state index contributed by atoms with van der Waals surface area (Å²) in [5.41, 5.74) is 1.89. The smallest absolute Gasteiger partial charge is 0.230 e.